The van der Waals surface area contributed by atoms with E-state index in [1.54, 1.807) is 6.26 Å². The highest BCUT2D eigenvalue weighted by Gasteiger charge is 2.11. The number of hydrogen-bond donors (Lipinski definition) is 1. The van der Waals surface area contributed by atoms with Crippen molar-refractivity contribution in [2.75, 3.05) is 11.9 Å². The van der Waals surface area contributed by atoms with Crippen LogP contribution in [0, 0.1) is 0 Å². The van der Waals surface area contributed by atoms with Crippen molar-refractivity contribution in [3.8, 4) is 5.75 Å². The minimum absolute atomic E-state index is 0.206. The fourth-order valence-electron chi connectivity index (χ4n) is 1.93. The highest BCUT2D eigenvalue weighted by atomic mass is 16.5. The van der Waals surface area contributed by atoms with E-state index in [9.17, 15) is 0 Å². The van der Waals surface area contributed by atoms with Gasteiger partial charge in [0, 0.05) is 5.69 Å². The molecule has 0 amide bonds. The summed E-state index contributed by atoms with van der Waals surface area (Å²) in [6, 6.07) is 12.2. The van der Waals surface area contributed by atoms with Gasteiger partial charge in [0.05, 0.1) is 18.9 Å². The van der Waals surface area contributed by atoms with Gasteiger partial charge in [-0.2, -0.15) is 0 Å². The second kappa shape index (κ2) is 6.88. The Morgan fingerprint density at radius 3 is 2.53 bits per heavy atom. The quantitative estimate of drug-likeness (QED) is 0.787. The fraction of sp³-hybridized carbons (Fsp3) is 0.375. The first-order chi connectivity index (χ1) is 9.33. The largest absolute Gasteiger partial charge is 0.494 e. The van der Waals surface area contributed by atoms with E-state index in [0.717, 1.165) is 36.6 Å². The third-order valence-corrected chi connectivity index (χ3v) is 2.96. The summed E-state index contributed by atoms with van der Waals surface area (Å²) in [4.78, 5) is 0. The first-order valence-corrected chi connectivity index (χ1v) is 6.86. The van der Waals surface area contributed by atoms with Gasteiger partial charge in [0.15, 0.2) is 0 Å². The Morgan fingerprint density at radius 1 is 1.16 bits per heavy atom. The lowest BCUT2D eigenvalue weighted by Gasteiger charge is -2.16. The summed E-state index contributed by atoms with van der Waals surface area (Å²) in [5, 5.41) is 3.47. The standard InChI is InChI=1S/C16H21NO2/c1-3-11-18-14-9-7-13(8-10-14)17-15(4-2)16-6-5-12-19-16/h5-10,12,15,17H,3-4,11H2,1-2H3. The van der Waals surface area contributed by atoms with Crippen molar-refractivity contribution < 1.29 is 9.15 Å². The molecule has 0 radical (unpaired) electrons. The molecular formula is C16H21NO2. The topological polar surface area (TPSA) is 34.4 Å². The molecule has 0 saturated heterocycles. The van der Waals surface area contributed by atoms with Gasteiger partial charge in [-0.1, -0.05) is 13.8 Å². The van der Waals surface area contributed by atoms with Crippen LogP contribution in [0.1, 0.15) is 38.5 Å². The summed E-state index contributed by atoms with van der Waals surface area (Å²) in [7, 11) is 0. The van der Waals surface area contributed by atoms with Crippen molar-refractivity contribution in [3.05, 3.63) is 48.4 Å². The molecule has 3 nitrogen and oxygen atoms in total. The molecule has 0 aliphatic heterocycles. The third kappa shape index (κ3) is 3.78. The van der Waals surface area contributed by atoms with E-state index in [-0.39, 0.29) is 6.04 Å². The second-order valence-electron chi connectivity index (χ2n) is 4.49. The first kappa shape index (κ1) is 13.5. The Kier molecular flexibility index (Phi) is 4.90. The van der Waals surface area contributed by atoms with Crippen LogP contribution < -0.4 is 10.1 Å². The number of nitrogens with one attached hydrogen (secondary N) is 1. The molecule has 0 aliphatic carbocycles. The molecule has 19 heavy (non-hydrogen) atoms. The van der Waals surface area contributed by atoms with Gasteiger partial charge in [0.1, 0.15) is 11.5 Å². The van der Waals surface area contributed by atoms with E-state index in [4.69, 9.17) is 9.15 Å². The van der Waals surface area contributed by atoms with Gasteiger partial charge in [0.25, 0.3) is 0 Å². The van der Waals surface area contributed by atoms with Crippen LogP contribution in [0.3, 0.4) is 0 Å². The highest BCUT2D eigenvalue weighted by molar-refractivity contribution is 5.47. The Hall–Kier alpha value is -1.90. The van der Waals surface area contributed by atoms with Crippen molar-refractivity contribution in [2.45, 2.75) is 32.7 Å². The van der Waals surface area contributed by atoms with Crippen LogP contribution in [0.5, 0.6) is 5.75 Å². The minimum atomic E-state index is 0.206. The average molecular weight is 259 g/mol. The molecule has 1 unspecified atom stereocenters. The van der Waals surface area contributed by atoms with Gasteiger partial charge < -0.3 is 14.5 Å². The Bertz CT molecular complexity index is 462. The molecule has 1 heterocycles. The minimum Gasteiger partial charge on any atom is -0.494 e. The smallest absolute Gasteiger partial charge is 0.125 e. The maximum Gasteiger partial charge on any atom is 0.125 e. The number of anilines is 1. The van der Waals surface area contributed by atoms with Gasteiger partial charge in [-0.15, -0.1) is 0 Å². The Morgan fingerprint density at radius 2 is 1.95 bits per heavy atom. The summed E-state index contributed by atoms with van der Waals surface area (Å²) in [5.74, 6) is 1.88. The van der Waals surface area contributed by atoms with Crippen LogP contribution in [0.15, 0.2) is 47.1 Å². The summed E-state index contributed by atoms with van der Waals surface area (Å²) < 4.78 is 11.0. The predicted octanol–water partition coefficient (Wildman–Crippen LogP) is 4.63. The Labute approximate surface area is 114 Å². The SMILES string of the molecule is CCCOc1ccc(NC(CC)c2ccco2)cc1. The van der Waals surface area contributed by atoms with Crippen LogP contribution in [-0.2, 0) is 0 Å². The summed E-state index contributed by atoms with van der Waals surface area (Å²) in [6.45, 7) is 5.00. The molecule has 3 heteroatoms. The Balaban J connectivity index is 1.98. The molecule has 2 rings (SSSR count). The molecule has 0 spiro atoms. The number of ether oxygens (including phenoxy) is 1. The van der Waals surface area contributed by atoms with Crippen LogP contribution in [0.2, 0.25) is 0 Å². The maximum absolute atomic E-state index is 5.57. The molecule has 1 aromatic carbocycles. The molecule has 0 saturated carbocycles. The molecule has 1 N–H and O–H groups in total. The van der Waals surface area contributed by atoms with Gasteiger partial charge in [0.2, 0.25) is 0 Å². The predicted molar refractivity (Wildman–Crippen MR) is 77.6 cm³/mol. The summed E-state index contributed by atoms with van der Waals surface area (Å²) >= 11 is 0. The van der Waals surface area contributed by atoms with Crippen LogP contribution in [0.4, 0.5) is 5.69 Å². The monoisotopic (exact) mass is 259 g/mol. The van der Waals surface area contributed by atoms with E-state index in [1.807, 2.05) is 36.4 Å². The number of rotatable bonds is 7. The summed E-state index contributed by atoms with van der Waals surface area (Å²) in [5.41, 5.74) is 1.08. The number of hydrogen-bond acceptors (Lipinski definition) is 3. The highest BCUT2D eigenvalue weighted by Crippen LogP contribution is 2.24. The van der Waals surface area contributed by atoms with E-state index in [0.29, 0.717) is 0 Å². The summed E-state index contributed by atoms with van der Waals surface area (Å²) in [6.07, 6.45) is 3.71. The molecule has 0 fully saturated rings. The lowest BCUT2D eigenvalue weighted by atomic mass is 10.1. The molecule has 1 atom stereocenters. The second-order valence-corrected chi connectivity index (χ2v) is 4.49. The van der Waals surface area contributed by atoms with Crippen molar-refractivity contribution in [3.63, 3.8) is 0 Å². The van der Waals surface area contributed by atoms with Gasteiger partial charge >= 0.3 is 0 Å². The van der Waals surface area contributed by atoms with Gasteiger partial charge in [-0.25, -0.2) is 0 Å². The maximum atomic E-state index is 5.57. The lowest BCUT2D eigenvalue weighted by Crippen LogP contribution is -2.08. The molecule has 102 valence electrons. The first-order valence-electron chi connectivity index (χ1n) is 6.86. The number of furan rings is 1. The van der Waals surface area contributed by atoms with Crippen molar-refractivity contribution in [1.82, 2.24) is 0 Å². The van der Waals surface area contributed by atoms with E-state index >= 15 is 0 Å². The molecule has 2 aromatic rings. The normalized spacial score (nSPS) is 12.1. The average Bonchev–Trinajstić information content (AvgIpc) is 2.98. The fourth-order valence-corrected chi connectivity index (χ4v) is 1.93. The van der Waals surface area contributed by atoms with E-state index < -0.39 is 0 Å². The lowest BCUT2D eigenvalue weighted by molar-refractivity contribution is 0.317. The van der Waals surface area contributed by atoms with Crippen LogP contribution >= 0.6 is 0 Å². The van der Waals surface area contributed by atoms with Crippen molar-refractivity contribution in [1.29, 1.82) is 0 Å². The zero-order chi connectivity index (χ0) is 13.5. The molecule has 0 bridgehead atoms. The van der Waals surface area contributed by atoms with Crippen LogP contribution in [0.25, 0.3) is 0 Å². The molecule has 1 aromatic heterocycles. The number of benzene rings is 1. The van der Waals surface area contributed by atoms with Crippen molar-refractivity contribution >= 4 is 5.69 Å². The van der Waals surface area contributed by atoms with Crippen molar-refractivity contribution in [2.24, 2.45) is 0 Å². The molecular weight excluding hydrogens is 238 g/mol. The van der Waals surface area contributed by atoms with Gasteiger partial charge in [-0.3, -0.25) is 0 Å². The zero-order valence-corrected chi connectivity index (χ0v) is 11.6. The third-order valence-electron chi connectivity index (χ3n) is 2.96. The van der Waals surface area contributed by atoms with E-state index in [2.05, 4.69) is 19.2 Å². The van der Waals surface area contributed by atoms with E-state index in [1.165, 1.54) is 0 Å². The molecule has 0 aliphatic rings. The van der Waals surface area contributed by atoms with Gasteiger partial charge in [-0.05, 0) is 49.2 Å². The van der Waals surface area contributed by atoms with Crippen LogP contribution in [-0.4, -0.2) is 6.61 Å². The zero-order valence-electron chi connectivity index (χ0n) is 11.6.